The molecule has 89 valence electrons. The van der Waals surface area contributed by atoms with Crippen molar-refractivity contribution in [3.63, 3.8) is 0 Å². The standard InChI is InChI=1S/C13H11N4O/c1-17-8-16-11-6-9(2-3-12(11)17)18-10-4-5-15-13(14)7-10/h2-7H,1H3,(H2,14,15). The van der Waals surface area contributed by atoms with E-state index in [0.717, 1.165) is 11.0 Å². The summed E-state index contributed by atoms with van der Waals surface area (Å²) in [6.45, 7) is 0. The van der Waals surface area contributed by atoms with Gasteiger partial charge in [0.05, 0.1) is 11.0 Å². The average molecular weight is 239 g/mol. The van der Waals surface area contributed by atoms with Crippen LogP contribution in [-0.2, 0) is 7.05 Å². The summed E-state index contributed by atoms with van der Waals surface area (Å²) in [5, 5.41) is 0. The van der Waals surface area contributed by atoms with Crippen LogP contribution in [0.1, 0.15) is 0 Å². The third-order valence-corrected chi connectivity index (χ3v) is 2.62. The Morgan fingerprint density at radius 2 is 2.06 bits per heavy atom. The normalized spacial score (nSPS) is 10.7. The number of nitrogen functional groups attached to an aromatic ring is 1. The lowest BCUT2D eigenvalue weighted by Crippen LogP contribution is -1.91. The SMILES string of the molecule is Cn1[c]nc2cc(Oc3ccnc(N)c3)ccc21. The lowest BCUT2D eigenvalue weighted by Gasteiger charge is -2.05. The highest BCUT2D eigenvalue weighted by Crippen LogP contribution is 2.25. The zero-order valence-corrected chi connectivity index (χ0v) is 9.79. The molecule has 0 aliphatic carbocycles. The number of aryl methyl sites for hydroxylation is 1. The lowest BCUT2D eigenvalue weighted by atomic mass is 10.3. The number of anilines is 1. The molecule has 0 fully saturated rings. The number of benzene rings is 1. The highest BCUT2D eigenvalue weighted by atomic mass is 16.5. The molecule has 1 aromatic carbocycles. The topological polar surface area (TPSA) is 66.0 Å². The maximum atomic E-state index is 5.69. The smallest absolute Gasteiger partial charge is 0.177 e. The third-order valence-electron chi connectivity index (χ3n) is 2.62. The van der Waals surface area contributed by atoms with Crippen molar-refractivity contribution in [2.75, 3.05) is 5.73 Å². The van der Waals surface area contributed by atoms with E-state index in [1.165, 1.54) is 0 Å². The fourth-order valence-electron chi connectivity index (χ4n) is 1.75. The molecular weight excluding hydrogens is 228 g/mol. The highest BCUT2D eigenvalue weighted by Gasteiger charge is 2.03. The summed E-state index contributed by atoms with van der Waals surface area (Å²) < 4.78 is 7.53. The van der Waals surface area contributed by atoms with Crippen LogP contribution < -0.4 is 10.5 Å². The lowest BCUT2D eigenvalue weighted by molar-refractivity contribution is 0.483. The molecular formula is C13H11N4O. The van der Waals surface area contributed by atoms with Crippen molar-refractivity contribution in [2.24, 2.45) is 7.05 Å². The van der Waals surface area contributed by atoms with Gasteiger partial charge in [0.25, 0.3) is 0 Å². The Bertz CT molecular complexity index is 705. The van der Waals surface area contributed by atoms with Crippen LogP contribution in [0.2, 0.25) is 0 Å². The number of fused-ring (bicyclic) bond motifs is 1. The van der Waals surface area contributed by atoms with Gasteiger partial charge in [-0.1, -0.05) is 0 Å². The van der Waals surface area contributed by atoms with Gasteiger partial charge in [0.1, 0.15) is 17.3 Å². The molecule has 5 nitrogen and oxygen atoms in total. The molecule has 0 unspecified atom stereocenters. The van der Waals surface area contributed by atoms with Gasteiger partial charge in [-0.2, -0.15) is 0 Å². The summed E-state index contributed by atoms with van der Waals surface area (Å²) in [6, 6.07) is 9.12. The van der Waals surface area contributed by atoms with Crippen molar-refractivity contribution in [2.45, 2.75) is 0 Å². The Balaban J connectivity index is 1.95. The number of aromatic nitrogens is 3. The predicted molar refractivity (Wildman–Crippen MR) is 68.3 cm³/mol. The van der Waals surface area contributed by atoms with E-state index < -0.39 is 0 Å². The molecule has 0 aliphatic rings. The van der Waals surface area contributed by atoms with E-state index in [9.17, 15) is 0 Å². The number of rotatable bonds is 2. The van der Waals surface area contributed by atoms with Gasteiger partial charge in [-0.3, -0.25) is 0 Å². The van der Waals surface area contributed by atoms with Crippen molar-refractivity contribution in [3.05, 3.63) is 42.9 Å². The number of hydrogen-bond acceptors (Lipinski definition) is 4. The average Bonchev–Trinajstić information content (AvgIpc) is 2.71. The van der Waals surface area contributed by atoms with Gasteiger partial charge in [-0.25, -0.2) is 9.97 Å². The quantitative estimate of drug-likeness (QED) is 0.744. The predicted octanol–water partition coefficient (Wildman–Crippen LogP) is 2.14. The van der Waals surface area contributed by atoms with E-state index >= 15 is 0 Å². The van der Waals surface area contributed by atoms with E-state index in [4.69, 9.17) is 10.5 Å². The number of ether oxygens (including phenoxy) is 1. The van der Waals surface area contributed by atoms with Gasteiger partial charge >= 0.3 is 0 Å². The second kappa shape index (κ2) is 4.03. The van der Waals surface area contributed by atoms with Crippen LogP contribution in [-0.4, -0.2) is 14.5 Å². The zero-order chi connectivity index (χ0) is 12.5. The molecule has 0 saturated heterocycles. The van der Waals surface area contributed by atoms with Crippen LogP contribution in [0, 0.1) is 6.33 Å². The summed E-state index contributed by atoms with van der Waals surface area (Å²) >= 11 is 0. The van der Waals surface area contributed by atoms with Crippen molar-refractivity contribution in [1.82, 2.24) is 14.5 Å². The van der Waals surface area contributed by atoms with Crippen LogP contribution in [0.5, 0.6) is 11.5 Å². The molecule has 18 heavy (non-hydrogen) atoms. The maximum Gasteiger partial charge on any atom is 0.177 e. The molecule has 0 aliphatic heterocycles. The molecule has 1 radical (unpaired) electrons. The van der Waals surface area contributed by atoms with Crippen molar-refractivity contribution < 1.29 is 4.74 Å². The van der Waals surface area contributed by atoms with Crippen LogP contribution in [0.3, 0.4) is 0 Å². The number of pyridine rings is 1. The molecule has 0 bridgehead atoms. The van der Waals surface area contributed by atoms with Crippen molar-refractivity contribution >= 4 is 16.9 Å². The van der Waals surface area contributed by atoms with E-state index in [1.54, 1.807) is 18.3 Å². The van der Waals surface area contributed by atoms with Gasteiger partial charge in [-0.05, 0) is 18.2 Å². The van der Waals surface area contributed by atoms with Gasteiger partial charge < -0.3 is 15.0 Å². The van der Waals surface area contributed by atoms with Gasteiger partial charge in [0, 0.05) is 25.4 Å². The Labute approximate surface area is 104 Å². The largest absolute Gasteiger partial charge is 0.457 e. The molecule has 3 rings (SSSR count). The summed E-state index contributed by atoms with van der Waals surface area (Å²) in [4.78, 5) is 8.07. The molecule has 0 atom stereocenters. The summed E-state index contributed by atoms with van der Waals surface area (Å²) in [7, 11) is 1.90. The van der Waals surface area contributed by atoms with Crippen molar-refractivity contribution in [3.8, 4) is 11.5 Å². The monoisotopic (exact) mass is 239 g/mol. The Morgan fingerprint density at radius 1 is 1.22 bits per heavy atom. The zero-order valence-electron chi connectivity index (χ0n) is 9.79. The molecule has 0 amide bonds. The van der Waals surface area contributed by atoms with Crippen LogP contribution in [0.4, 0.5) is 5.82 Å². The Morgan fingerprint density at radius 3 is 2.89 bits per heavy atom. The minimum Gasteiger partial charge on any atom is -0.457 e. The van der Waals surface area contributed by atoms with Gasteiger partial charge in [0.2, 0.25) is 0 Å². The molecule has 0 spiro atoms. The Hall–Kier alpha value is -2.56. The maximum absolute atomic E-state index is 5.69. The molecule has 2 aromatic heterocycles. The number of nitrogens with zero attached hydrogens (tertiary/aromatic N) is 3. The number of hydrogen-bond donors (Lipinski definition) is 1. The first kappa shape index (κ1) is 10.6. The van der Waals surface area contributed by atoms with Crippen LogP contribution in [0.25, 0.3) is 11.0 Å². The minimum absolute atomic E-state index is 0.430. The first-order valence-corrected chi connectivity index (χ1v) is 5.46. The van der Waals surface area contributed by atoms with E-state index in [0.29, 0.717) is 17.3 Å². The molecule has 2 heterocycles. The summed E-state index contributed by atoms with van der Waals surface area (Å²) in [5.41, 5.74) is 7.45. The van der Waals surface area contributed by atoms with Gasteiger partial charge in [0.15, 0.2) is 6.33 Å². The summed E-state index contributed by atoms with van der Waals surface area (Å²) in [5.74, 6) is 1.79. The van der Waals surface area contributed by atoms with E-state index in [2.05, 4.69) is 16.3 Å². The van der Waals surface area contributed by atoms with E-state index in [-0.39, 0.29) is 0 Å². The minimum atomic E-state index is 0.430. The highest BCUT2D eigenvalue weighted by molar-refractivity contribution is 5.76. The third kappa shape index (κ3) is 1.86. The molecule has 2 N–H and O–H groups in total. The second-order valence-corrected chi connectivity index (χ2v) is 3.94. The molecule has 5 heteroatoms. The van der Waals surface area contributed by atoms with Crippen LogP contribution >= 0.6 is 0 Å². The first-order valence-electron chi connectivity index (χ1n) is 5.46. The first-order chi connectivity index (χ1) is 8.72. The van der Waals surface area contributed by atoms with E-state index in [1.807, 2.05) is 29.8 Å². The van der Waals surface area contributed by atoms with Crippen LogP contribution in [0.15, 0.2) is 36.5 Å². The second-order valence-electron chi connectivity index (χ2n) is 3.94. The Kier molecular flexibility index (Phi) is 2.37. The number of nitrogens with two attached hydrogens (primary N) is 1. The van der Waals surface area contributed by atoms with Crippen molar-refractivity contribution in [1.29, 1.82) is 0 Å². The fraction of sp³-hybridized carbons (Fsp3) is 0.0769. The fourth-order valence-corrected chi connectivity index (χ4v) is 1.75. The number of imidazole rings is 1. The molecule has 3 aromatic rings. The van der Waals surface area contributed by atoms with Gasteiger partial charge in [-0.15, -0.1) is 0 Å². The molecule has 0 saturated carbocycles. The summed E-state index contributed by atoms with van der Waals surface area (Å²) in [6.07, 6.45) is 4.47.